The molecule has 4 saturated carbocycles. The first-order chi connectivity index (χ1) is 11.3. The van der Waals surface area contributed by atoms with E-state index in [0.717, 1.165) is 41.4 Å². The van der Waals surface area contributed by atoms with Gasteiger partial charge in [0, 0.05) is 0 Å². The van der Waals surface area contributed by atoms with Gasteiger partial charge in [-0.05, 0) is 110 Å². The van der Waals surface area contributed by atoms with Gasteiger partial charge in [0.1, 0.15) is 0 Å². The van der Waals surface area contributed by atoms with Crippen molar-refractivity contribution in [2.75, 3.05) is 0 Å². The van der Waals surface area contributed by atoms with Crippen molar-refractivity contribution >= 4 is 0 Å². The van der Waals surface area contributed by atoms with Gasteiger partial charge in [0.15, 0.2) is 0 Å². The molecule has 0 aromatic carbocycles. The van der Waals surface area contributed by atoms with E-state index in [1.54, 1.807) is 38.5 Å². The summed E-state index contributed by atoms with van der Waals surface area (Å²) in [6.07, 6.45) is 15.4. The Hall–Kier alpha value is 0. The van der Waals surface area contributed by atoms with Crippen molar-refractivity contribution in [3.8, 4) is 0 Å². The SMILES string of the molecule is CC1CCC2(C)CC3CCC4C(CCC(C)(C)C4C)C3CCC2C1. The Morgan fingerprint density at radius 2 is 1.46 bits per heavy atom. The second-order valence-electron chi connectivity index (χ2n) is 11.7. The molecule has 138 valence electrons. The molecule has 0 bridgehead atoms. The summed E-state index contributed by atoms with van der Waals surface area (Å²) < 4.78 is 0. The Balaban J connectivity index is 1.55. The highest BCUT2D eigenvalue weighted by atomic mass is 14.6. The molecule has 4 rings (SSSR count). The molecule has 4 aliphatic carbocycles. The zero-order valence-electron chi connectivity index (χ0n) is 17.1. The van der Waals surface area contributed by atoms with Crippen LogP contribution in [0.15, 0.2) is 0 Å². The van der Waals surface area contributed by atoms with E-state index >= 15 is 0 Å². The average Bonchev–Trinajstić information content (AvgIpc) is 2.67. The smallest absolute Gasteiger partial charge is 0.0295 e. The van der Waals surface area contributed by atoms with Crippen LogP contribution in [0.1, 0.15) is 98.8 Å². The average molecular weight is 331 g/mol. The predicted octanol–water partition coefficient (Wildman–Crippen LogP) is 7.33. The molecule has 0 aromatic rings. The van der Waals surface area contributed by atoms with E-state index in [-0.39, 0.29) is 0 Å². The molecule has 8 unspecified atom stereocenters. The number of hydrogen-bond acceptors (Lipinski definition) is 0. The molecular weight excluding hydrogens is 288 g/mol. The Labute approximate surface area is 151 Å². The molecule has 24 heavy (non-hydrogen) atoms. The lowest BCUT2D eigenvalue weighted by molar-refractivity contribution is -0.0446. The van der Waals surface area contributed by atoms with Crippen LogP contribution in [0.3, 0.4) is 0 Å². The third-order valence-electron chi connectivity index (χ3n) is 10.0. The summed E-state index contributed by atoms with van der Waals surface area (Å²) in [5.74, 6) is 7.26. The summed E-state index contributed by atoms with van der Waals surface area (Å²) in [5, 5.41) is 0. The topological polar surface area (TPSA) is 0 Å². The molecule has 4 aliphatic rings. The minimum absolute atomic E-state index is 0.591. The van der Waals surface area contributed by atoms with E-state index in [1.165, 1.54) is 25.7 Å². The minimum Gasteiger partial charge on any atom is -0.0625 e. The van der Waals surface area contributed by atoms with Crippen LogP contribution in [-0.4, -0.2) is 0 Å². The fourth-order valence-electron chi connectivity index (χ4n) is 8.00. The van der Waals surface area contributed by atoms with Gasteiger partial charge in [-0.2, -0.15) is 0 Å². The number of rotatable bonds is 0. The predicted molar refractivity (Wildman–Crippen MR) is 104 cm³/mol. The van der Waals surface area contributed by atoms with Gasteiger partial charge in [0.25, 0.3) is 0 Å². The Bertz CT molecular complexity index is 463. The van der Waals surface area contributed by atoms with Gasteiger partial charge in [-0.3, -0.25) is 0 Å². The lowest BCUT2D eigenvalue weighted by atomic mass is 9.51. The maximum Gasteiger partial charge on any atom is -0.0295 e. The van der Waals surface area contributed by atoms with Crippen molar-refractivity contribution in [2.45, 2.75) is 98.8 Å². The highest BCUT2D eigenvalue weighted by Gasteiger charge is 2.51. The van der Waals surface area contributed by atoms with Gasteiger partial charge < -0.3 is 0 Å². The lowest BCUT2D eigenvalue weighted by Gasteiger charge is -2.54. The molecule has 0 heteroatoms. The third kappa shape index (κ3) is 2.79. The fraction of sp³-hybridized carbons (Fsp3) is 1.00. The largest absolute Gasteiger partial charge is 0.0625 e. The van der Waals surface area contributed by atoms with Crippen molar-refractivity contribution < 1.29 is 0 Å². The van der Waals surface area contributed by atoms with Gasteiger partial charge in [-0.1, -0.05) is 41.0 Å². The molecule has 0 amide bonds. The molecule has 0 heterocycles. The summed E-state index contributed by atoms with van der Waals surface area (Å²) in [4.78, 5) is 0. The van der Waals surface area contributed by atoms with Crippen molar-refractivity contribution in [2.24, 2.45) is 52.3 Å². The zero-order valence-corrected chi connectivity index (χ0v) is 17.1. The van der Waals surface area contributed by atoms with Crippen LogP contribution in [0.2, 0.25) is 0 Å². The molecular formula is C24H42. The van der Waals surface area contributed by atoms with Gasteiger partial charge in [0.2, 0.25) is 0 Å². The third-order valence-corrected chi connectivity index (χ3v) is 10.0. The van der Waals surface area contributed by atoms with Crippen LogP contribution in [0, 0.1) is 52.3 Å². The first kappa shape index (κ1) is 17.4. The molecule has 0 saturated heterocycles. The summed E-state index contributed by atoms with van der Waals surface area (Å²) in [6, 6.07) is 0. The number of fused-ring (bicyclic) bond motifs is 4. The Morgan fingerprint density at radius 1 is 0.708 bits per heavy atom. The monoisotopic (exact) mass is 330 g/mol. The van der Waals surface area contributed by atoms with Crippen LogP contribution in [0.25, 0.3) is 0 Å². The van der Waals surface area contributed by atoms with Gasteiger partial charge in [-0.25, -0.2) is 0 Å². The zero-order chi connectivity index (χ0) is 17.1. The van der Waals surface area contributed by atoms with E-state index in [4.69, 9.17) is 0 Å². The van der Waals surface area contributed by atoms with Crippen LogP contribution in [0.4, 0.5) is 0 Å². The maximum atomic E-state index is 2.69. The van der Waals surface area contributed by atoms with E-state index in [1.807, 2.05) is 0 Å². The summed E-state index contributed by atoms with van der Waals surface area (Å²) in [6.45, 7) is 12.9. The second-order valence-corrected chi connectivity index (χ2v) is 11.7. The molecule has 0 N–H and O–H groups in total. The molecule has 0 spiro atoms. The van der Waals surface area contributed by atoms with E-state index in [0.29, 0.717) is 10.8 Å². The van der Waals surface area contributed by atoms with E-state index in [2.05, 4.69) is 34.6 Å². The summed E-state index contributed by atoms with van der Waals surface area (Å²) in [7, 11) is 0. The minimum atomic E-state index is 0.591. The van der Waals surface area contributed by atoms with Crippen LogP contribution < -0.4 is 0 Å². The molecule has 0 nitrogen and oxygen atoms in total. The summed E-state index contributed by atoms with van der Waals surface area (Å²) >= 11 is 0. The molecule has 8 atom stereocenters. The first-order valence-electron chi connectivity index (χ1n) is 11.3. The first-order valence-corrected chi connectivity index (χ1v) is 11.3. The number of hydrogen-bond donors (Lipinski definition) is 0. The van der Waals surface area contributed by atoms with Crippen molar-refractivity contribution in [3.63, 3.8) is 0 Å². The normalized spacial score (nSPS) is 54.1. The highest BCUT2D eigenvalue weighted by molar-refractivity contribution is 5.01. The highest BCUT2D eigenvalue weighted by Crippen LogP contribution is 2.61. The standard InChI is InChI=1S/C24H42/c1-16-10-13-24(5)15-18-6-8-20-17(2)23(3,4)12-11-22(20)21(18)9-7-19(24)14-16/h16-22H,6-15H2,1-5H3. The maximum absolute atomic E-state index is 2.69. The fourth-order valence-corrected chi connectivity index (χ4v) is 8.00. The molecule has 0 aromatic heterocycles. The Kier molecular flexibility index (Phi) is 4.37. The lowest BCUT2D eigenvalue weighted by Crippen LogP contribution is -2.46. The van der Waals surface area contributed by atoms with Crippen LogP contribution >= 0.6 is 0 Å². The van der Waals surface area contributed by atoms with Crippen molar-refractivity contribution in [1.29, 1.82) is 0 Å². The molecule has 0 radical (unpaired) electrons. The van der Waals surface area contributed by atoms with Crippen molar-refractivity contribution in [1.82, 2.24) is 0 Å². The quantitative estimate of drug-likeness (QED) is 0.436. The van der Waals surface area contributed by atoms with Gasteiger partial charge >= 0.3 is 0 Å². The van der Waals surface area contributed by atoms with E-state index in [9.17, 15) is 0 Å². The second kappa shape index (κ2) is 6.02. The van der Waals surface area contributed by atoms with Crippen molar-refractivity contribution in [3.05, 3.63) is 0 Å². The molecule has 0 aliphatic heterocycles. The van der Waals surface area contributed by atoms with Crippen LogP contribution in [-0.2, 0) is 0 Å². The van der Waals surface area contributed by atoms with Gasteiger partial charge in [-0.15, -0.1) is 0 Å². The summed E-state index contributed by atoms with van der Waals surface area (Å²) in [5.41, 5.74) is 1.28. The van der Waals surface area contributed by atoms with Crippen LogP contribution in [0.5, 0.6) is 0 Å². The van der Waals surface area contributed by atoms with Gasteiger partial charge in [0.05, 0.1) is 0 Å². The van der Waals surface area contributed by atoms with E-state index < -0.39 is 0 Å². The Morgan fingerprint density at radius 3 is 2.25 bits per heavy atom. The molecule has 4 fully saturated rings.